The molecule has 1 aliphatic carbocycles. The first-order valence-corrected chi connectivity index (χ1v) is 9.41. The predicted octanol–water partition coefficient (Wildman–Crippen LogP) is 2.55. The van der Waals surface area contributed by atoms with E-state index in [0.29, 0.717) is 11.9 Å². The molecule has 124 valence electrons. The number of pyridine rings is 1. The summed E-state index contributed by atoms with van der Waals surface area (Å²) in [5.74, 6) is 0.711. The van der Waals surface area contributed by atoms with Gasteiger partial charge in [0.2, 0.25) is 10.0 Å². The summed E-state index contributed by atoms with van der Waals surface area (Å²) in [5, 5.41) is 0. The van der Waals surface area contributed by atoms with Gasteiger partial charge in [0.15, 0.2) is 5.65 Å². The van der Waals surface area contributed by atoms with E-state index < -0.39 is 10.0 Å². The van der Waals surface area contributed by atoms with E-state index in [1.165, 1.54) is 0 Å². The molecular weight excluding hydrogens is 324 g/mol. The van der Waals surface area contributed by atoms with E-state index >= 15 is 0 Å². The second-order valence-electron chi connectivity index (χ2n) is 6.12. The average Bonchev–Trinajstić information content (AvgIpc) is 3.33. The maximum absolute atomic E-state index is 12.5. The Morgan fingerprint density at radius 3 is 2.83 bits per heavy atom. The lowest BCUT2D eigenvalue weighted by molar-refractivity contribution is 0.575. The number of nitrogens with one attached hydrogen (secondary N) is 1. The van der Waals surface area contributed by atoms with Gasteiger partial charge in [0.25, 0.3) is 0 Å². The second-order valence-corrected chi connectivity index (χ2v) is 7.88. The first-order chi connectivity index (χ1) is 11.5. The van der Waals surface area contributed by atoms with Crippen molar-refractivity contribution < 1.29 is 8.42 Å². The Hall–Kier alpha value is -2.25. The smallest absolute Gasteiger partial charge is 0.240 e. The SMILES string of the molecule is Cc1cccc(S(=O)(=O)NCc2nc3cccnc3n2C2CC2)c1. The van der Waals surface area contributed by atoms with Crippen molar-refractivity contribution in [2.45, 2.75) is 37.2 Å². The molecule has 1 aliphatic rings. The molecule has 0 spiro atoms. The van der Waals surface area contributed by atoms with Crippen LogP contribution in [0, 0.1) is 6.92 Å². The molecule has 1 N–H and O–H groups in total. The summed E-state index contributed by atoms with van der Waals surface area (Å²) in [6.07, 6.45) is 3.91. The monoisotopic (exact) mass is 342 g/mol. The zero-order valence-corrected chi connectivity index (χ0v) is 14.1. The molecule has 3 aromatic rings. The minimum absolute atomic E-state index is 0.156. The van der Waals surface area contributed by atoms with E-state index in [1.54, 1.807) is 24.4 Å². The summed E-state index contributed by atoms with van der Waals surface area (Å²) in [4.78, 5) is 9.24. The molecule has 0 aliphatic heterocycles. The fourth-order valence-electron chi connectivity index (χ4n) is 2.84. The number of aromatic nitrogens is 3. The highest BCUT2D eigenvalue weighted by atomic mass is 32.2. The second kappa shape index (κ2) is 5.68. The van der Waals surface area contributed by atoms with Gasteiger partial charge in [-0.15, -0.1) is 0 Å². The number of imidazole rings is 1. The maximum atomic E-state index is 12.5. The Kier molecular flexibility index (Phi) is 3.62. The van der Waals surface area contributed by atoms with Gasteiger partial charge in [-0.2, -0.15) is 0 Å². The minimum atomic E-state index is -3.56. The van der Waals surface area contributed by atoms with Crippen molar-refractivity contribution in [2.24, 2.45) is 0 Å². The molecule has 1 fully saturated rings. The summed E-state index contributed by atoms with van der Waals surface area (Å²) in [5.41, 5.74) is 2.53. The molecule has 1 saturated carbocycles. The lowest BCUT2D eigenvalue weighted by atomic mass is 10.2. The van der Waals surface area contributed by atoms with Crippen molar-refractivity contribution in [1.29, 1.82) is 0 Å². The maximum Gasteiger partial charge on any atom is 0.240 e. The molecular formula is C17H18N4O2S. The van der Waals surface area contributed by atoms with E-state index in [4.69, 9.17) is 0 Å². The van der Waals surface area contributed by atoms with Crippen molar-refractivity contribution in [3.8, 4) is 0 Å². The van der Waals surface area contributed by atoms with Crippen LogP contribution in [0.25, 0.3) is 11.2 Å². The standard InChI is InChI=1S/C17H18N4O2S/c1-12-4-2-5-14(10-12)24(22,23)19-11-16-20-15-6-3-9-18-17(15)21(16)13-7-8-13/h2-6,9-10,13,19H,7-8,11H2,1H3. The van der Waals surface area contributed by atoms with Crippen molar-refractivity contribution in [2.75, 3.05) is 0 Å². The van der Waals surface area contributed by atoms with Crippen LogP contribution in [-0.2, 0) is 16.6 Å². The van der Waals surface area contributed by atoms with Crippen LogP contribution in [-0.4, -0.2) is 23.0 Å². The van der Waals surface area contributed by atoms with Crippen LogP contribution in [0.15, 0.2) is 47.5 Å². The summed E-state index contributed by atoms with van der Waals surface area (Å²) in [6, 6.07) is 11.0. The number of sulfonamides is 1. The van der Waals surface area contributed by atoms with Crippen LogP contribution in [0.1, 0.15) is 30.3 Å². The quantitative estimate of drug-likeness (QED) is 0.773. The third kappa shape index (κ3) is 2.81. The summed E-state index contributed by atoms with van der Waals surface area (Å²) >= 11 is 0. The Morgan fingerprint density at radius 1 is 1.25 bits per heavy atom. The average molecular weight is 342 g/mol. The molecule has 6 nitrogen and oxygen atoms in total. The predicted molar refractivity (Wildman–Crippen MR) is 91.0 cm³/mol. The molecule has 2 aromatic heterocycles. The third-order valence-corrected chi connectivity index (χ3v) is 5.55. The normalized spacial score (nSPS) is 15.0. The van der Waals surface area contributed by atoms with E-state index in [1.807, 2.05) is 25.1 Å². The van der Waals surface area contributed by atoms with E-state index in [-0.39, 0.29) is 11.4 Å². The van der Waals surface area contributed by atoms with Gasteiger partial charge in [0, 0.05) is 12.2 Å². The van der Waals surface area contributed by atoms with Crippen molar-refractivity contribution in [1.82, 2.24) is 19.3 Å². The van der Waals surface area contributed by atoms with Crippen LogP contribution in [0.3, 0.4) is 0 Å². The summed E-state index contributed by atoms with van der Waals surface area (Å²) in [7, 11) is -3.56. The number of fused-ring (bicyclic) bond motifs is 1. The highest BCUT2D eigenvalue weighted by Gasteiger charge is 2.29. The highest BCUT2D eigenvalue weighted by Crippen LogP contribution is 2.38. The van der Waals surface area contributed by atoms with E-state index in [9.17, 15) is 8.42 Å². The van der Waals surface area contributed by atoms with Gasteiger partial charge in [-0.25, -0.2) is 23.1 Å². The van der Waals surface area contributed by atoms with E-state index in [2.05, 4.69) is 19.3 Å². The molecule has 7 heteroatoms. The van der Waals surface area contributed by atoms with Crippen molar-refractivity contribution in [3.05, 3.63) is 54.0 Å². The molecule has 24 heavy (non-hydrogen) atoms. The fraction of sp³-hybridized carbons (Fsp3) is 0.294. The Bertz CT molecular complexity index is 1010. The summed E-state index contributed by atoms with van der Waals surface area (Å²) < 4.78 is 29.7. The van der Waals surface area contributed by atoms with Crippen molar-refractivity contribution in [3.63, 3.8) is 0 Å². The van der Waals surface area contributed by atoms with E-state index in [0.717, 1.165) is 29.6 Å². The van der Waals surface area contributed by atoms with Gasteiger partial charge in [0.05, 0.1) is 11.4 Å². The lowest BCUT2D eigenvalue weighted by Crippen LogP contribution is -2.25. The number of hydrogen-bond donors (Lipinski definition) is 1. The summed E-state index contributed by atoms with van der Waals surface area (Å²) in [6.45, 7) is 2.03. The largest absolute Gasteiger partial charge is 0.308 e. The minimum Gasteiger partial charge on any atom is -0.308 e. The first-order valence-electron chi connectivity index (χ1n) is 7.93. The zero-order valence-electron chi connectivity index (χ0n) is 13.3. The zero-order chi connectivity index (χ0) is 16.7. The number of aryl methyl sites for hydroxylation is 1. The van der Waals surface area contributed by atoms with Crippen molar-refractivity contribution >= 4 is 21.2 Å². The van der Waals surface area contributed by atoms with Crippen LogP contribution in [0.5, 0.6) is 0 Å². The molecule has 0 unspecified atom stereocenters. The number of benzene rings is 1. The van der Waals surface area contributed by atoms with Crippen LogP contribution in [0.2, 0.25) is 0 Å². The molecule has 4 rings (SSSR count). The molecule has 2 heterocycles. The lowest BCUT2D eigenvalue weighted by Gasteiger charge is -2.09. The molecule has 0 saturated heterocycles. The fourth-order valence-corrected chi connectivity index (χ4v) is 3.93. The van der Waals surface area contributed by atoms with Gasteiger partial charge < -0.3 is 4.57 Å². The van der Waals surface area contributed by atoms with Gasteiger partial charge >= 0.3 is 0 Å². The topological polar surface area (TPSA) is 76.9 Å². The van der Waals surface area contributed by atoms with Crippen LogP contribution in [0.4, 0.5) is 0 Å². The van der Waals surface area contributed by atoms with Crippen LogP contribution >= 0.6 is 0 Å². The first kappa shape index (κ1) is 15.3. The highest BCUT2D eigenvalue weighted by molar-refractivity contribution is 7.89. The number of rotatable bonds is 5. The van der Waals surface area contributed by atoms with Gasteiger partial charge in [-0.1, -0.05) is 12.1 Å². The van der Waals surface area contributed by atoms with Gasteiger partial charge in [-0.3, -0.25) is 0 Å². The Balaban J connectivity index is 1.64. The number of nitrogens with zero attached hydrogens (tertiary/aromatic N) is 3. The number of hydrogen-bond acceptors (Lipinski definition) is 4. The molecule has 0 amide bonds. The van der Waals surface area contributed by atoms with Gasteiger partial charge in [0.1, 0.15) is 11.3 Å². The third-order valence-electron chi connectivity index (χ3n) is 4.15. The Labute approximate surface area is 140 Å². The molecule has 1 aromatic carbocycles. The molecule has 0 bridgehead atoms. The Morgan fingerprint density at radius 2 is 2.08 bits per heavy atom. The van der Waals surface area contributed by atoms with Gasteiger partial charge in [-0.05, 0) is 49.6 Å². The molecule has 0 radical (unpaired) electrons. The molecule has 0 atom stereocenters. The van der Waals surface area contributed by atoms with Crippen LogP contribution < -0.4 is 4.72 Å².